The Kier molecular flexibility index (Phi) is 4.52. The van der Waals surface area contributed by atoms with Gasteiger partial charge in [0.15, 0.2) is 11.5 Å². The Morgan fingerprint density at radius 2 is 2.19 bits per heavy atom. The minimum atomic E-state index is -0.846. The van der Waals surface area contributed by atoms with Crippen LogP contribution in [0.4, 0.5) is 4.39 Å². The molecule has 0 aliphatic carbocycles. The summed E-state index contributed by atoms with van der Waals surface area (Å²) in [5.41, 5.74) is 6.02. The van der Waals surface area contributed by atoms with E-state index in [0.717, 1.165) is 0 Å². The van der Waals surface area contributed by atoms with Crippen LogP contribution in [0.3, 0.4) is 0 Å². The summed E-state index contributed by atoms with van der Waals surface area (Å²) in [4.78, 5) is 0. The zero-order chi connectivity index (χ0) is 12.1. The smallest absolute Gasteiger partial charge is 0.161 e. The molecule has 2 atom stereocenters. The van der Waals surface area contributed by atoms with Crippen LogP contribution in [0, 0.1) is 0 Å². The van der Waals surface area contributed by atoms with E-state index in [1.54, 1.807) is 13.0 Å². The first-order valence-corrected chi connectivity index (χ1v) is 5.01. The summed E-state index contributed by atoms with van der Waals surface area (Å²) in [6, 6.07) is 3.99. The topological polar surface area (TPSA) is 75.7 Å². The molecule has 1 rings (SSSR count). The van der Waals surface area contributed by atoms with Gasteiger partial charge >= 0.3 is 0 Å². The van der Waals surface area contributed by atoms with E-state index in [1.807, 2.05) is 0 Å². The molecule has 0 fully saturated rings. The van der Waals surface area contributed by atoms with Crippen molar-refractivity contribution in [1.29, 1.82) is 0 Å². The maximum atomic E-state index is 11.9. The number of benzene rings is 1. The highest BCUT2D eigenvalue weighted by molar-refractivity contribution is 5.42. The van der Waals surface area contributed by atoms with Crippen LogP contribution >= 0.6 is 0 Å². The summed E-state index contributed by atoms with van der Waals surface area (Å²) in [6.45, 7) is 0.932. The lowest BCUT2D eigenvalue weighted by molar-refractivity contribution is 0.153. The van der Waals surface area contributed by atoms with Crippen LogP contribution < -0.4 is 10.5 Å². The lowest BCUT2D eigenvalue weighted by Crippen LogP contribution is -2.24. The third-order valence-corrected chi connectivity index (χ3v) is 2.16. The first-order valence-electron chi connectivity index (χ1n) is 5.01. The highest BCUT2D eigenvalue weighted by atomic mass is 19.1. The average Bonchev–Trinajstić information content (AvgIpc) is 2.26. The van der Waals surface area contributed by atoms with Crippen LogP contribution in [0.25, 0.3) is 0 Å². The molecule has 5 heteroatoms. The van der Waals surface area contributed by atoms with Gasteiger partial charge in [-0.25, -0.2) is 4.39 Å². The SMILES string of the molecule is C[C@@H](N)[C@H](O)c1ccc(OCCF)c(O)c1. The average molecular weight is 229 g/mol. The van der Waals surface area contributed by atoms with E-state index in [4.69, 9.17) is 10.5 Å². The Labute approximate surface area is 93.5 Å². The van der Waals surface area contributed by atoms with Gasteiger partial charge in [0.2, 0.25) is 0 Å². The summed E-state index contributed by atoms with van der Waals surface area (Å²) < 4.78 is 16.8. The molecule has 0 unspecified atom stereocenters. The van der Waals surface area contributed by atoms with Crippen molar-refractivity contribution in [2.24, 2.45) is 5.73 Å². The number of phenols is 1. The van der Waals surface area contributed by atoms with Crippen LogP contribution in [-0.2, 0) is 0 Å². The van der Waals surface area contributed by atoms with Gasteiger partial charge in [0.1, 0.15) is 13.3 Å². The van der Waals surface area contributed by atoms with Gasteiger partial charge in [0.05, 0.1) is 6.10 Å². The standard InChI is InChI=1S/C11H16FNO3/c1-7(13)11(15)8-2-3-10(9(14)6-8)16-5-4-12/h2-3,6-7,11,14-15H,4-5,13H2,1H3/t7-,11+/m1/s1. The lowest BCUT2D eigenvalue weighted by Gasteiger charge is -2.16. The zero-order valence-corrected chi connectivity index (χ0v) is 9.06. The van der Waals surface area contributed by atoms with Crippen LogP contribution in [0.2, 0.25) is 0 Å². The highest BCUT2D eigenvalue weighted by Crippen LogP contribution is 2.29. The van der Waals surface area contributed by atoms with Crippen molar-refractivity contribution in [1.82, 2.24) is 0 Å². The number of rotatable bonds is 5. The highest BCUT2D eigenvalue weighted by Gasteiger charge is 2.14. The number of aliphatic hydroxyl groups excluding tert-OH is 1. The molecule has 1 aromatic carbocycles. The fraction of sp³-hybridized carbons (Fsp3) is 0.455. The molecule has 0 heterocycles. The Morgan fingerprint density at radius 1 is 1.50 bits per heavy atom. The molecule has 0 spiro atoms. The van der Waals surface area contributed by atoms with Gasteiger partial charge in [0.25, 0.3) is 0 Å². The summed E-state index contributed by atoms with van der Waals surface area (Å²) in [5.74, 6) is 0.0592. The molecule has 90 valence electrons. The quantitative estimate of drug-likeness (QED) is 0.707. The lowest BCUT2D eigenvalue weighted by atomic mass is 10.0. The van der Waals surface area contributed by atoms with Crippen molar-refractivity contribution >= 4 is 0 Å². The summed E-state index contributed by atoms with van der Waals surface area (Å²) in [7, 11) is 0. The monoisotopic (exact) mass is 229 g/mol. The second-order valence-electron chi connectivity index (χ2n) is 3.57. The molecule has 0 saturated heterocycles. The first-order chi connectivity index (χ1) is 7.56. The van der Waals surface area contributed by atoms with Gasteiger partial charge in [0, 0.05) is 6.04 Å². The first kappa shape index (κ1) is 12.7. The molecule has 0 aliphatic heterocycles. The number of aliphatic hydroxyl groups is 1. The fourth-order valence-corrected chi connectivity index (χ4v) is 1.29. The van der Waals surface area contributed by atoms with E-state index < -0.39 is 18.8 Å². The molecule has 16 heavy (non-hydrogen) atoms. The van der Waals surface area contributed by atoms with Gasteiger partial charge in [-0.3, -0.25) is 0 Å². The van der Waals surface area contributed by atoms with Crippen molar-refractivity contribution in [3.63, 3.8) is 0 Å². The molecule has 4 nitrogen and oxygen atoms in total. The molecular weight excluding hydrogens is 213 g/mol. The van der Waals surface area contributed by atoms with Gasteiger partial charge < -0.3 is 20.7 Å². The minimum absolute atomic E-state index is 0.108. The van der Waals surface area contributed by atoms with Gasteiger partial charge in [-0.1, -0.05) is 6.07 Å². The second kappa shape index (κ2) is 5.67. The van der Waals surface area contributed by atoms with Crippen LogP contribution in [0.15, 0.2) is 18.2 Å². The van der Waals surface area contributed by atoms with Crippen LogP contribution in [0.5, 0.6) is 11.5 Å². The Morgan fingerprint density at radius 3 is 2.69 bits per heavy atom. The molecule has 0 aliphatic rings. The van der Waals surface area contributed by atoms with Crippen LogP contribution in [0.1, 0.15) is 18.6 Å². The predicted molar refractivity (Wildman–Crippen MR) is 58.2 cm³/mol. The number of phenolic OH excluding ortho intramolecular Hbond substituents is 1. The molecule has 4 N–H and O–H groups in total. The third kappa shape index (κ3) is 3.08. The van der Waals surface area contributed by atoms with E-state index >= 15 is 0 Å². The molecule has 1 aromatic rings. The number of aromatic hydroxyl groups is 1. The molecule has 0 aromatic heterocycles. The van der Waals surface area contributed by atoms with E-state index in [-0.39, 0.29) is 18.1 Å². The predicted octanol–water partition coefficient (Wildman–Crippen LogP) is 1.12. The van der Waals surface area contributed by atoms with E-state index in [0.29, 0.717) is 5.56 Å². The summed E-state index contributed by atoms with van der Waals surface area (Å²) >= 11 is 0. The van der Waals surface area contributed by atoms with Crippen molar-refractivity contribution in [3.8, 4) is 11.5 Å². The van der Waals surface area contributed by atoms with Gasteiger partial charge in [-0.05, 0) is 24.6 Å². The van der Waals surface area contributed by atoms with E-state index in [9.17, 15) is 14.6 Å². The Balaban J connectivity index is 2.82. The largest absolute Gasteiger partial charge is 0.504 e. The van der Waals surface area contributed by atoms with E-state index in [2.05, 4.69) is 0 Å². The van der Waals surface area contributed by atoms with Crippen molar-refractivity contribution in [3.05, 3.63) is 23.8 Å². The maximum absolute atomic E-state index is 11.9. The van der Waals surface area contributed by atoms with E-state index in [1.165, 1.54) is 12.1 Å². The molecule has 0 radical (unpaired) electrons. The number of ether oxygens (including phenoxy) is 1. The Hall–Kier alpha value is -1.33. The number of hydrogen-bond acceptors (Lipinski definition) is 4. The molecule has 0 saturated carbocycles. The van der Waals surface area contributed by atoms with Crippen molar-refractivity contribution in [2.45, 2.75) is 19.1 Å². The van der Waals surface area contributed by atoms with Crippen molar-refractivity contribution < 1.29 is 19.3 Å². The zero-order valence-electron chi connectivity index (χ0n) is 9.06. The second-order valence-corrected chi connectivity index (χ2v) is 3.57. The van der Waals surface area contributed by atoms with Gasteiger partial charge in [-0.2, -0.15) is 0 Å². The van der Waals surface area contributed by atoms with Gasteiger partial charge in [-0.15, -0.1) is 0 Å². The number of alkyl halides is 1. The number of halogens is 1. The minimum Gasteiger partial charge on any atom is -0.504 e. The normalized spacial score (nSPS) is 14.5. The molecule has 0 amide bonds. The van der Waals surface area contributed by atoms with Crippen LogP contribution in [-0.4, -0.2) is 29.5 Å². The summed E-state index contributed by atoms with van der Waals surface area (Å²) in [6.07, 6.45) is -0.846. The molecular formula is C11H16FNO3. The molecule has 0 bridgehead atoms. The van der Waals surface area contributed by atoms with Crippen molar-refractivity contribution in [2.75, 3.05) is 13.3 Å². The number of hydrogen-bond donors (Lipinski definition) is 3. The number of nitrogens with two attached hydrogens (primary N) is 1. The Bertz CT molecular complexity index is 344. The maximum Gasteiger partial charge on any atom is 0.161 e. The summed E-state index contributed by atoms with van der Waals surface area (Å²) in [5, 5.41) is 19.2. The third-order valence-electron chi connectivity index (χ3n) is 2.16. The fourth-order valence-electron chi connectivity index (χ4n) is 1.29.